The number of benzene rings is 2. The van der Waals surface area contributed by atoms with Gasteiger partial charge in [-0.05, 0) is 49.2 Å². The van der Waals surface area contributed by atoms with Gasteiger partial charge in [0, 0.05) is 18.7 Å². The Morgan fingerprint density at radius 3 is 2.48 bits per heavy atom. The number of hydrogen-bond acceptors (Lipinski definition) is 3. The van der Waals surface area contributed by atoms with Crippen LogP contribution in [0.3, 0.4) is 0 Å². The van der Waals surface area contributed by atoms with Gasteiger partial charge < -0.3 is 16.4 Å². The van der Waals surface area contributed by atoms with Gasteiger partial charge in [0.1, 0.15) is 0 Å². The van der Waals surface area contributed by atoms with Crippen molar-refractivity contribution in [3.8, 4) is 0 Å². The smallest absolute Gasteiger partial charge is 0.248 e. The van der Waals surface area contributed by atoms with E-state index in [1.54, 1.807) is 6.07 Å². The Morgan fingerprint density at radius 1 is 1.19 bits per heavy atom. The number of rotatable bonds is 5. The van der Waals surface area contributed by atoms with Crippen molar-refractivity contribution in [2.75, 3.05) is 17.2 Å². The molecular formula is C17H21N3O. The zero-order valence-electron chi connectivity index (χ0n) is 12.5. The van der Waals surface area contributed by atoms with E-state index in [1.807, 2.05) is 43.3 Å². The zero-order valence-corrected chi connectivity index (χ0v) is 12.5. The van der Waals surface area contributed by atoms with Gasteiger partial charge in [0.25, 0.3) is 0 Å². The van der Waals surface area contributed by atoms with Crippen molar-refractivity contribution in [2.24, 2.45) is 5.73 Å². The molecule has 110 valence electrons. The van der Waals surface area contributed by atoms with E-state index in [4.69, 9.17) is 11.5 Å². The third kappa shape index (κ3) is 3.34. The minimum atomic E-state index is -0.399. The molecule has 0 aromatic heterocycles. The molecule has 0 aliphatic heterocycles. The van der Waals surface area contributed by atoms with E-state index in [2.05, 4.69) is 11.8 Å². The molecule has 0 unspecified atom stereocenters. The molecular weight excluding hydrogens is 262 g/mol. The summed E-state index contributed by atoms with van der Waals surface area (Å²) in [6, 6.07) is 13.4. The van der Waals surface area contributed by atoms with E-state index >= 15 is 0 Å². The van der Waals surface area contributed by atoms with Gasteiger partial charge in [-0.1, -0.05) is 18.2 Å². The molecule has 0 spiro atoms. The van der Waals surface area contributed by atoms with Crippen molar-refractivity contribution in [1.29, 1.82) is 0 Å². The molecule has 2 aromatic rings. The topological polar surface area (TPSA) is 72.3 Å². The minimum Gasteiger partial charge on any atom is -0.397 e. The van der Waals surface area contributed by atoms with Gasteiger partial charge in [0.05, 0.1) is 11.4 Å². The average Bonchev–Trinajstić information content (AvgIpc) is 2.47. The molecule has 0 bridgehead atoms. The summed E-state index contributed by atoms with van der Waals surface area (Å²) in [5.74, 6) is -0.399. The highest BCUT2D eigenvalue weighted by Crippen LogP contribution is 2.25. The van der Waals surface area contributed by atoms with Gasteiger partial charge in [-0.25, -0.2) is 0 Å². The fraction of sp³-hybridized carbons (Fsp3) is 0.235. The van der Waals surface area contributed by atoms with Crippen molar-refractivity contribution in [1.82, 2.24) is 0 Å². The predicted molar refractivity (Wildman–Crippen MR) is 87.3 cm³/mol. The van der Waals surface area contributed by atoms with Crippen molar-refractivity contribution in [3.05, 3.63) is 59.2 Å². The zero-order chi connectivity index (χ0) is 15.4. The van der Waals surface area contributed by atoms with Crippen LogP contribution in [0, 0.1) is 6.92 Å². The molecule has 4 heteroatoms. The number of nitrogens with zero attached hydrogens (tertiary/aromatic N) is 1. The number of para-hydroxylation sites is 2. The van der Waals surface area contributed by atoms with Crippen molar-refractivity contribution >= 4 is 17.3 Å². The molecule has 0 aliphatic rings. The minimum absolute atomic E-state index is 0.399. The van der Waals surface area contributed by atoms with Crippen LogP contribution in [0.2, 0.25) is 0 Å². The Labute approximate surface area is 125 Å². The maximum atomic E-state index is 11.2. The molecule has 4 nitrogen and oxygen atoms in total. The lowest BCUT2D eigenvalue weighted by Crippen LogP contribution is -2.23. The maximum Gasteiger partial charge on any atom is 0.248 e. The molecule has 0 saturated carbocycles. The Balaban J connectivity index is 2.27. The second-order valence-electron chi connectivity index (χ2n) is 5.08. The van der Waals surface area contributed by atoms with Crippen LogP contribution in [0.4, 0.5) is 11.4 Å². The normalized spacial score (nSPS) is 10.4. The third-order valence-electron chi connectivity index (χ3n) is 3.65. The molecule has 0 heterocycles. The van der Waals surface area contributed by atoms with Crippen LogP contribution >= 0.6 is 0 Å². The van der Waals surface area contributed by atoms with Crippen molar-refractivity contribution in [3.63, 3.8) is 0 Å². The Hall–Kier alpha value is -2.49. The van der Waals surface area contributed by atoms with Crippen LogP contribution in [-0.2, 0) is 6.54 Å². The molecule has 4 N–H and O–H groups in total. The lowest BCUT2D eigenvalue weighted by atomic mass is 10.0. The maximum absolute atomic E-state index is 11.2. The predicted octanol–water partition coefficient (Wildman–Crippen LogP) is 2.70. The van der Waals surface area contributed by atoms with Gasteiger partial charge in [0.2, 0.25) is 5.91 Å². The molecule has 2 rings (SSSR count). The first-order valence-corrected chi connectivity index (χ1v) is 7.01. The lowest BCUT2D eigenvalue weighted by molar-refractivity contribution is 0.1000. The molecule has 1 amide bonds. The first-order chi connectivity index (χ1) is 10.0. The number of amides is 1. The lowest BCUT2D eigenvalue weighted by Gasteiger charge is -2.25. The van der Waals surface area contributed by atoms with E-state index in [-0.39, 0.29) is 0 Å². The second-order valence-corrected chi connectivity index (χ2v) is 5.08. The van der Waals surface area contributed by atoms with Gasteiger partial charge in [-0.3, -0.25) is 4.79 Å². The molecule has 0 saturated heterocycles. The molecule has 21 heavy (non-hydrogen) atoms. The van der Waals surface area contributed by atoms with E-state index < -0.39 is 5.91 Å². The van der Waals surface area contributed by atoms with E-state index in [1.165, 1.54) is 0 Å². The van der Waals surface area contributed by atoms with Crippen molar-refractivity contribution in [2.45, 2.75) is 20.4 Å². The molecule has 0 fully saturated rings. The highest BCUT2D eigenvalue weighted by atomic mass is 16.1. The van der Waals surface area contributed by atoms with E-state index in [0.717, 1.165) is 35.6 Å². The number of nitrogen functional groups attached to an aromatic ring is 1. The fourth-order valence-corrected chi connectivity index (χ4v) is 2.38. The molecule has 0 radical (unpaired) electrons. The van der Waals surface area contributed by atoms with Crippen LogP contribution in [0.5, 0.6) is 0 Å². The second kappa shape index (κ2) is 6.31. The Bertz CT molecular complexity index is 652. The summed E-state index contributed by atoms with van der Waals surface area (Å²) >= 11 is 0. The fourth-order valence-electron chi connectivity index (χ4n) is 2.38. The number of carbonyl (C=O) groups excluding carboxylic acids is 1. The van der Waals surface area contributed by atoms with Crippen LogP contribution in [0.1, 0.15) is 28.4 Å². The summed E-state index contributed by atoms with van der Waals surface area (Å²) < 4.78 is 0. The third-order valence-corrected chi connectivity index (χ3v) is 3.65. The SMILES string of the molecule is CCN(Cc1ccc(C(N)=O)cc1C)c1ccccc1N. The quantitative estimate of drug-likeness (QED) is 0.829. The van der Waals surface area contributed by atoms with Crippen molar-refractivity contribution < 1.29 is 4.79 Å². The first-order valence-electron chi connectivity index (χ1n) is 7.01. The number of aryl methyl sites for hydroxylation is 1. The number of carbonyl (C=O) groups is 1. The van der Waals surface area contributed by atoms with E-state index in [9.17, 15) is 4.79 Å². The Kier molecular flexibility index (Phi) is 4.48. The van der Waals surface area contributed by atoms with Crippen LogP contribution < -0.4 is 16.4 Å². The molecule has 2 aromatic carbocycles. The summed E-state index contributed by atoms with van der Waals surface area (Å²) in [5, 5.41) is 0. The highest BCUT2D eigenvalue weighted by molar-refractivity contribution is 5.93. The summed E-state index contributed by atoms with van der Waals surface area (Å²) in [4.78, 5) is 13.4. The number of hydrogen-bond donors (Lipinski definition) is 2. The monoisotopic (exact) mass is 283 g/mol. The summed E-state index contributed by atoms with van der Waals surface area (Å²) in [6.45, 7) is 5.68. The average molecular weight is 283 g/mol. The summed E-state index contributed by atoms with van der Waals surface area (Å²) in [7, 11) is 0. The summed E-state index contributed by atoms with van der Waals surface area (Å²) in [5.41, 5.74) is 15.9. The highest BCUT2D eigenvalue weighted by Gasteiger charge is 2.11. The standard InChI is InChI=1S/C17H21N3O/c1-3-20(16-7-5-4-6-15(16)18)11-14-9-8-13(17(19)21)10-12(14)2/h4-10H,3,11,18H2,1-2H3,(H2,19,21). The van der Waals surface area contributed by atoms with Crippen LogP contribution in [0.25, 0.3) is 0 Å². The number of primary amides is 1. The van der Waals surface area contributed by atoms with Gasteiger partial charge in [-0.15, -0.1) is 0 Å². The largest absolute Gasteiger partial charge is 0.397 e. The first kappa shape index (κ1) is 14.9. The van der Waals surface area contributed by atoms with Crippen LogP contribution in [0.15, 0.2) is 42.5 Å². The number of anilines is 2. The van der Waals surface area contributed by atoms with Gasteiger partial charge in [-0.2, -0.15) is 0 Å². The molecule has 0 atom stereocenters. The summed E-state index contributed by atoms with van der Waals surface area (Å²) in [6.07, 6.45) is 0. The van der Waals surface area contributed by atoms with Gasteiger partial charge in [0.15, 0.2) is 0 Å². The number of nitrogens with two attached hydrogens (primary N) is 2. The van der Waals surface area contributed by atoms with E-state index in [0.29, 0.717) is 5.56 Å². The Morgan fingerprint density at radius 2 is 1.90 bits per heavy atom. The molecule has 0 aliphatic carbocycles. The van der Waals surface area contributed by atoms with Gasteiger partial charge >= 0.3 is 0 Å². The van der Waals surface area contributed by atoms with Crippen LogP contribution in [-0.4, -0.2) is 12.5 Å².